The zero-order chi connectivity index (χ0) is 15.3. The second-order valence-corrected chi connectivity index (χ2v) is 7.35. The van der Waals surface area contributed by atoms with Gasteiger partial charge >= 0.3 is 0 Å². The van der Waals surface area contributed by atoms with Gasteiger partial charge in [0.1, 0.15) is 12.4 Å². The first-order valence-electron chi connectivity index (χ1n) is 6.27. The lowest BCUT2D eigenvalue weighted by Crippen LogP contribution is -2.31. The number of aromatic nitrogens is 1. The summed E-state index contributed by atoms with van der Waals surface area (Å²) in [5.41, 5.74) is 8.63. The first kappa shape index (κ1) is 15.7. The van der Waals surface area contributed by atoms with Crippen molar-refractivity contribution in [2.45, 2.75) is 6.54 Å². The van der Waals surface area contributed by atoms with Crippen molar-refractivity contribution in [3.8, 4) is 5.75 Å². The molecule has 0 atom stereocenters. The van der Waals surface area contributed by atoms with Crippen LogP contribution in [0.4, 0.5) is 5.69 Å². The SMILES string of the molecule is CN(Cc1cscn1)S(=O)(=O)CCOc1ccccc1N. The van der Waals surface area contributed by atoms with Crippen LogP contribution in [0.25, 0.3) is 0 Å². The lowest BCUT2D eigenvalue weighted by Gasteiger charge is -2.16. The Morgan fingerprint density at radius 2 is 2.14 bits per heavy atom. The zero-order valence-electron chi connectivity index (χ0n) is 11.6. The summed E-state index contributed by atoms with van der Waals surface area (Å²) in [7, 11) is -1.85. The Balaban J connectivity index is 1.88. The lowest BCUT2D eigenvalue weighted by atomic mass is 10.3. The molecule has 1 aromatic heterocycles. The van der Waals surface area contributed by atoms with Gasteiger partial charge in [0.05, 0.1) is 29.2 Å². The highest BCUT2D eigenvalue weighted by molar-refractivity contribution is 7.89. The largest absolute Gasteiger partial charge is 0.490 e. The number of anilines is 1. The second-order valence-electron chi connectivity index (χ2n) is 4.44. The molecule has 0 radical (unpaired) electrons. The number of hydrogen-bond acceptors (Lipinski definition) is 6. The van der Waals surface area contributed by atoms with Gasteiger partial charge in [-0.05, 0) is 12.1 Å². The van der Waals surface area contributed by atoms with Gasteiger partial charge in [-0.15, -0.1) is 11.3 Å². The van der Waals surface area contributed by atoms with E-state index in [-0.39, 0.29) is 18.9 Å². The van der Waals surface area contributed by atoms with Crippen LogP contribution in [0.1, 0.15) is 5.69 Å². The van der Waals surface area contributed by atoms with Crippen molar-refractivity contribution in [3.05, 3.63) is 40.8 Å². The van der Waals surface area contributed by atoms with Gasteiger partial charge in [-0.3, -0.25) is 0 Å². The summed E-state index contributed by atoms with van der Waals surface area (Å²) in [4.78, 5) is 4.07. The monoisotopic (exact) mass is 327 g/mol. The van der Waals surface area contributed by atoms with E-state index in [0.717, 1.165) is 5.69 Å². The molecule has 2 N–H and O–H groups in total. The van der Waals surface area contributed by atoms with Crippen LogP contribution in [0.5, 0.6) is 5.75 Å². The van der Waals surface area contributed by atoms with E-state index in [1.54, 1.807) is 29.8 Å². The van der Waals surface area contributed by atoms with E-state index in [0.29, 0.717) is 11.4 Å². The second kappa shape index (κ2) is 6.88. The molecule has 0 aliphatic rings. The van der Waals surface area contributed by atoms with E-state index in [4.69, 9.17) is 10.5 Å². The topological polar surface area (TPSA) is 85.5 Å². The first-order chi connectivity index (χ1) is 9.99. The van der Waals surface area contributed by atoms with Crippen molar-refractivity contribution in [1.29, 1.82) is 0 Å². The third-order valence-electron chi connectivity index (χ3n) is 2.86. The Bertz CT molecular complexity index is 672. The maximum absolute atomic E-state index is 12.1. The Kier molecular flexibility index (Phi) is 5.16. The standard InChI is InChI=1S/C13H17N3O3S2/c1-16(8-11-9-20-10-15-11)21(17,18)7-6-19-13-5-3-2-4-12(13)14/h2-5,9-10H,6-8,14H2,1H3. The van der Waals surface area contributed by atoms with Gasteiger partial charge in [-0.1, -0.05) is 12.1 Å². The third kappa shape index (κ3) is 4.42. The van der Waals surface area contributed by atoms with E-state index < -0.39 is 10.0 Å². The zero-order valence-corrected chi connectivity index (χ0v) is 13.2. The molecule has 0 saturated heterocycles. The van der Waals surface area contributed by atoms with Crippen molar-refractivity contribution in [1.82, 2.24) is 9.29 Å². The molecule has 0 aliphatic heterocycles. The number of ether oxygens (including phenoxy) is 1. The first-order valence-corrected chi connectivity index (χ1v) is 8.82. The molecular formula is C13H17N3O3S2. The molecule has 0 unspecified atom stereocenters. The maximum atomic E-state index is 12.1. The van der Waals surface area contributed by atoms with Crippen LogP contribution < -0.4 is 10.5 Å². The number of para-hydroxylation sites is 2. The normalized spacial score (nSPS) is 11.7. The molecule has 0 fully saturated rings. The number of thiazole rings is 1. The van der Waals surface area contributed by atoms with E-state index >= 15 is 0 Å². The van der Waals surface area contributed by atoms with Gasteiger partial charge in [0.25, 0.3) is 0 Å². The molecule has 1 heterocycles. The van der Waals surface area contributed by atoms with E-state index in [1.165, 1.54) is 22.7 Å². The Hall–Kier alpha value is -1.64. The number of benzene rings is 1. The highest BCUT2D eigenvalue weighted by atomic mass is 32.2. The minimum absolute atomic E-state index is 0.0535. The van der Waals surface area contributed by atoms with Gasteiger partial charge in [0, 0.05) is 12.4 Å². The van der Waals surface area contributed by atoms with Crippen LogP contribution in [0.15, 0.2) is 35.2 Å². The summed E-state index contributed by atoms with van der Waals surface area (Å²) in [6, 6.07) is 6.99. The summed E-state index contributed by atoms with van der Waals surface area (Å²) in [5, 5.41) is 1.83. The Labute approximate surface area is 128 Å². The molecule has 2 aromatic rings. The lowest BCUT2D eigenvalue weighted by molar-refractivity contribution is 0.338. The minimum atomic E-state index is -3.39. The fourth-order valence-corrected chi connectivity index (χ4v) is 3.15. The molecule has 2 rings (SSSR count). The number of hydrogen-bond donors (Lipinski definition) is 1. The molecular weight excluding hydrogens is 310 g/mol. The summed E-state index contributed by atoms with van der Waals surface area (Å²) >= 11 is 1.44. The van der Waals surface area contributed by atoms with E-state index in [2.05, 4.69) is 4.98 Å². The number of nitrogens with two attached hydrogens (primary N) is 1. The maximum Gasteiger partial charge on any atom is 0.217 e. The predicted molar refractivity (Wildman–Crippen MR) is 83.7 cm³/mol. The quantitative estimate of drug-likeness (QED) is 0.780. The van der Waals surface area contributed by atoms with Gasteiger partial charge in [0.2, 0.25) is 10.0 Å². The van der Waals surface area contributed by atoms with E-state index in [9.17, 15) is 8.42 Å². The molecule has 1 aromatic carbocycles. The Morgan fingerprint density at radius 1 is 1.38 bits per heavy atom. The molecule has 114 valence electrons. The predicted octanol–water partition coefficient (Wildman–Crippen LogP) is 1.57. The van der Waals surface area contributed by atoms with Gasteiger partial charge in [-0.2, -0.15) is 4.31 Å². The summed E-state index contributed by atoms with van der Waals surface area (Å²) in [6.45, 7) is 0.317. The average molecular weight is 327 g/mol. The molecule has 21 heavy (non-hydrogen) atoms. The third-order valence-corrected chi connectivity index (χ3v) is 5.26. The molecule has 0 spiro atoms. The fourth-order valence-electron chi connectivity index (χ4n) is 1.67. The number of nitrogens with zero attached hydrogens (tertiary/aromatic N) is 2. The fraction of sp³-hybridized carbons (Fsp3) is 0.308. The highest BCUT2D eigenvalue weighted by Crippen LogP contribution is 2.19. The number of nitrogen functional groups attached to an aromatic ring is 1. The summed E-state index contributed by atoms with van der Waals surface area (Å²) in [6.07, 6.45) is 0. The summed E-state index contributed by atoms with van der Waals surface area (Å²) < 4.78 is 30.9. The smallest absolute Gasteiger partial charge is 0.217 e. The summed E-state index contributed by atoms with van der Waals surface area (Å²) in [5.74, 6) is 0.386. The van der Waals surface area contributed by atoms with Crippen molar-refractivity contribution in [3.63, 3.8) is 0 Å². The van der Waals surface area contributed by atoms with Crippen LogP contribution >= 0.6 is 11.3 Å². The Morgan fingerprint density at radius 3 is 2.81 bits per heavy atom. The number of sulfonamides is 1. The van der Waals surface area contributed by atoms with Crippen LogP contribution in [-0.2, 0) is 16.6 Å². The van der Waals surface area contributed by atoms with Crippen LogP contribution in [0.3, 0.4) is 0 Å². The van der Waals surface area contributed by atoms with Crippen molar-refractivity contribution in [2.24, 2.45) is 0 Å². The van der Waals surface area contributed by atoms with Crippen LogP contribution in [0, 0.1) is 0 Å². The van der Waals surface area contributed by atoms with Gasteiger partial charge < -0.3 is 10.5 Å². The molecule has 0 amide bonds. The molecule has 8 heteroatoms. The van der Waals surface area contributed by atoms with Crippen LogP contribution in [-0.4, -0.2) is 37.1 Å². The van der Waals surface area contributed by atoms with Crippen molar-refractivity contribution < 1.29 is 13.2 Å². The molecule has 0 saturated carbocycles. The van der Waals surface area contributed by atoms with Gasteiger partial charge in [-0.25, -0.2) is 13.4 Å². The van der Waals surface area contributed by atoms with Crippen LogP contribution in [0.2, 0.25) is 0 Å². The average Bonchev–Trinajstić information content (AvgIpc) is 2.93. The minimum Gasteiger partial charge on any atom is -0.490 e. The molecule has 0 aliphatic carbocycles. The van der Waals surface area contributed by atoms with Gasteiger partial charge in [0.15, 0.2) is 0 Å². The molecule has 0 bridgehead atoms. The number of rotatable bonds is 7. The van der Waals surface area contributed by atoms with Crippen molar-refractivity contribution >= 4 is 27.0 Å². The highest BCUT2D eigenvalue weighted by Gasteiger charge is 2.19. The van der Waals surface area contributed by atoms with E-state index in [1.807, 2.05) is 5.38 Å². The molecule has 6 nitrogen and oxygen atoms in total. The van der Waals surface area contributed by atoms with Crippen molar-refractivity contribution in [2.75, 3.05) is 25.1 Å².